The predicted molar refractivity (Wildman–Crippen MR) is 175 cm³/mol. The van der Waals surface area contributed by atoms with Gasteiger partial charge in [0, 0.05) is 25.2 Å². The van der Waals surface area contributed by atoms with Gasteiger partial charge in [-0.2, -0.15) is 0 Å². The lowest BCUT2D eigenvalue weighted by molar-refractivity contribution is -0.115. The highest BCUT2D eigenvalue weighted by Gasteiger charge is 2.13. The largest absolute Gasteiger partial charge is 0.370 e. The number of nitrogens with two attached hydrogens (primary N) is 3. The number of carbonyl (C=O) groups excluding carboxylic acids is 2. The zero-order valence-electron chi connectivity index (χ0n) is 24.4. The number of benzene rings is 4. The second-order valence-corrected chi connectivity index (χ2v) is 10.0. The van der Waals surface area contributed by atoms with E-state index in [1.807, 2.05) is 115 Å². The summed E-state index contributed by atoms with van der Waals surface area (Å²) < 4.78 is 0. The van der Waals surface area contributed by atoms with Crippen LogP contribution in [-0.4, -0.2) is 24.2 Å². The van der Waals surface area contributed by atoms with E-state index in [9.17, 15) is 9.59 Å². The molecule has 0 aliphatic heterocycles. The van der Waals surface area contributed by atoms with Gasteiger partial charge in [-0.25, -0.2) is 9.79 Å². The molecule has 1 atom stereocenters. The minimum Gasteiger partial charge on any atom is -0.370 e. The summed E-state index contributed by atoms with van der Waals surface area (Å²) >= 11 is 0. The predicted octanol–water partition coefficient (Wildman–Crippen LogP) is 3.15. The third kappa shape index (κ3) is 10.2. The number of nitrogens with one attached hydrogen (secondary N) is 4. The molecular formula is C34H38N8O2. The number of rotatable bonds is 12. The fraction of sp³-hybridized carbons (Fsp3) is 0.147. The van der Waals surface area contributed by atoms with Gasteiger partial charge in [0.1, 0.15) is 6.29 Å². The Balaban J connectivity index is 1.26. The van der Waals surface area contributed by atoms with Crippen molar-refractivity contribution in [3.8, 4) is 0 Å². The summed E-state index contributed by atoms with van der Waals surface area (Å²) in [5.41, 5.74) is 23.7. The van der Waals surface area contributed by atoms with Gasteiger partial charge in [-0.1, -0.05) is 109 Å². The second-order valence-electron chi connectivity index (χ2n) is 10.0. The normalized spacial score (nSPS) is 12.3. The first-order chi connectivity index (χ1) is 21.4. The smallest absolute Gasteiger partial charge is 0.323 e. The number of urea groups is 1. The van der Waals surface area contributed by atoms with Crippen molar-refractivity contribution in [3.05, 3.63) is 143 Å². The van der Waals surface area contributed by atoms with Crippen molar-refractivity contribution in [3.63, 3.8) is 0 Å². The molecule has 0 saturated heterocycles. The van der Waals surface area contributed by atoms with E-state index in [1.54, 1.807) is 0 Å². The molecule has 0 aliphatic carbocycles. The molecule has 4 aromatic rings. The molecular weight excluding hydrogens is 552 g/mol. The molecule has 0 spiro atoms. The van der Waals surface area contributed by atoms with Crippen LogP contribution in [0.5, 0.6) is 0 Å². The fourth-order valence-corrected chi connectivity index (χ4v) is 4.38. The Morgan fingerprint density at radius 3 is 2.09 bits per heavy atom. The van der Waals surface area contributed by atoms with E-state index in [2.05, 4.69) is 26.3 Å². The van der Waals surface area contributed by atoms with Crippen molar-refractivity contribution in [2.75, 3.05) is 0 Å². The number of guanidine groups is 1. The molecule has 1 unspecified atom stereocenters. The van der Waals surface area contributed by atoms with Crippen LogP contribution in [-0.2, 0) is 31.0 Å². The highest BCUT2D eigenvalue weighted by Crippen LogP contribution is 2.19. The summed E-state index contributed by atoms with van der Waals surface area (Å²) in [6.07, 6.45) is 1.04. The molecule has 10 nitrogen and oxygen atoms in total. The minimum atomic E-state index is -0.844. The lowest BCUT2D eigenvalue weighted by atomic mass is 10.0. The zero-order valence-corrected chi connectivity index (χ0v) is 24.4. The molecule has 10 N–H and O–H groups in total. The van der Waals surface area contributed by atoms with Crippen LogP contribution >= 0.6 is 0 Å². The van der Waals surface area contributed by atoms with E-state index in [0.29, 0.717) is 31.8 Å². The highest BCUT2D eigenvalue weighted by molar-refractivity contribution is 6.24. The molecule has 0 aromatic heterocycles. The van der Waals surface area contributed by atoms with Crippen molar-refractivity contribution in [2.45, 2.75) is 32.5 Å². The average molecular weight is 591 g/mol. The van der Waals surface area contributed by atoms with Gasteiger partial charge in [0.25, 0.3) is 5.91 Å². The lowest BCUT2D eigenvalue weighted by Gasteiger charge is -2.16. The van der Waals surface area contributed by atoms with Crippen LogP contribution in [0.2, 0.25) is 0 Å². The molecule has 3 amide bonds. The van der Waals surface area contributed by atoms with Crippen molar-refractivity contribution in [1.29, 1.82) is 0 Å². The zero-order chi connectivity index (χ0) is 31.1. The SMILES string of the molecule is NCc1cccc(CN=C(N)NC(=O)NC(N)NCc2cccc(CNC(=O)/C(=C/c3ccccc3)c3ccccc3)c2)c1. The van der Waals surface area contributed by atoms with E-state index in [0.717, 1.165) is 33.4 Å². The number of nitrogens with zero attached hydrogens (tertiary/aromatic N) is 1. The molecule has 4 rings (SSSR count). The van der Waals surface area contributed by atoms with Crippen LogP contribution in [0.15, 0.2) is 114 Å². The van der Waals surface area contributed by atoms with Crippen molar-refractivity contribution < 1.29 is 9.59 Å². The van der Waals surface area contributed by atoms with E-state index in [1.165, 1.54) is 0 Å². The molecule has 0 heterocycles. The summed E-state index contributed by atoms with van der Waals surface area (Å²) in [4.78, 5) is 29.7. The lowest BCUT2D eigenvalue weighted by Crippen LogP contribution is -2.56. The summed E-state index contributed by atoms with van der Waals surface area (Å²) in [6.45, 7) is 1.46. The molecule has 0 aliphatic rings. The van der Waals surface area contributed by atoms with Gasteiger partial charge in [0.15, 0.2) is 5.96 Å². The molecule has 44 heavy (non-hydrogen) atoms. The Hall–Kier alpha value is -5.29. The van der Waals surface area contributed by atoms with Gasteiger partial charge >= 0.3 is 6.03 Å². The maximum Gasteiger partial charge on any atom is 0.323 e. The first kappa shape index (κ1) is 31.6. The number of hydrogen-bond donors (Lipinski definition) is 7. The Kier molecular flexibility index (Phi) is 11.8. The molecule has 10 heteroatoms. The first-order valence-corrected chi connectivity index (χ1v) is 14.2. The van der Waals surface area contributed by atoms with Crippen LogP contribution in [0.3, 0.4) is 0 Å². The molecule has 0 radical (unpaired) electrons. The minimum absolute atomic E-state index is 0.0309. The van der Waals surface area contributed by atoms with Gasteiger partial charge < -0.3 is 22.1 Å². The summed E-state index contributed by atoms with van der Waals surface area (Å²) in [7, 11) is 0. The Morgan fingerprint density at radius 1 is 0.773 bits per heavy atom. The Morgan fingerprint density at radius 2 is 1.39 bits per heavy atom. The maximum atomic E-state index is 13.3. The summed E-state index contributed by atoms with van der Waals surface area (Å²) in [5, 5.41) is 11.1. The fourth-order valence-electron chi connectivity index (χ4n) is 4.38. The Bertz CT molecular complexity index is 1590. The van der Waals surface area contributed by atoms with E-state index in [4.69, 9.17) is 17.2 Å². The Labute approximate surface area is 257 Å². The van der Waals surface area contributed by atoms with Crippen LogP contribution in [0.1, 0.15) is 33.4 Å². The number of hydrogen-bond acceptors (Lipinski definition) is 6. The van der Waals surface area contributed by atoms with Gasteiger partial charge in [-0.05, 0) is 39.5 Å². The average Bonchev–Trinajstić information content (AvgIpc) is 3.05. The van der Waals surface area contributed by atoms with Crippen LogP contribution in [0, 0.1) is 0 Å². The number of amides is 3. The summed E-state index contributed by atoms with van der Waals surface area (Å²) in [5.74, 6) is -0.204. The third-order valence-electron chi connectivity index (χ3n) is 6.60. The van der Waals surface area contributed by atoms with E-state index < -0.39 is 12.3 Å². The van der Waals surface area contributed by atoms with Crippen LogP contribution in [0.25, 0.3) is 11.6 Å². The van der Waals surface area contributed by atoms with Crippen molar-refractivity contribution in [1.82, 2.24) is 21.3 Å². The van der Waals surface area contributed by atoms with E-state index >= 15 is 0 Å². The molecule has 0 saturated carbocycles. The second kappa shape index (κ2) is 16.4. The topological polar surface area (TPSA) is 173 Å². The van der Waals surface area contributed by atoms with Crippen molar-refractivity contribution >= 4 is 29.5 Å². The van der Waals surface area contributed by atoms with Gasteiger partial charge in [-0.15, -0.1) is 0 Å². The number of carbonyl (C=O) groups is 2. The van der Waals surface area contributed by atoms with Crippen molar-refractivity contribution in [2.24, 2.45) is 22.2 Å². The summed E-state index contributed by atoms with van der Waals surface area (Å²) in [6, 6.07) is 34.1. The molecule has 226 valence electrons. The van der Waals surface area contributed by atoms with E-state index in [-0.39, 0.29) is 11.9 Å². The third-order valence-corrected chi connectivity index (χ3v) is 6.60. The monoisotopic (exact) mass is 590 g/mol. The van der Waals surface area contributed by atoms with Crippen LogP contribution < -0.4 is 38.5 Å². The van der Waals surface area contributed by atoms with Crippen LogP contribution in [0.4, 0.5) is 4.79 Å². The van der Waals surface area contributed by atoms with Gasteiger partial charge in [-0.3, -0.25) is 21.2 Å². The maximum absolute atomic E-state index is 13.3. The standard InChI is InChI=1S/C34H38N8O2/c35-20-25-11-7-12-26(17-25)22-39-32(36)41-34(44)42-33(37)40-23-28-14-8-13-27(18-28)21-38-31(43)30(29-15-5-2-6-16-29)19-24-9-3-1-4-10-24/h1-19,33,40H,20-23,35,37H2,(H,38,43)(H4,36,39,41,42,44)/b30-19+. The number of aliphatic imine (C=N–C) groups is 1. The first-order valence-electron chi connectivity index (χ1n) is 14.2. The molecule has 0 bridgehead atoms. The quantitative estimate of drug-likeness (QED) is 0.0439. The van der Waals surface area contributed by atoms with Gasteiger partial charge in [0.05, 0.1) is 6.54 Å². The van der Waals surface area contributed by atoms with Gasteiger partial charge in [0.2, 0.25) is 0 Å². The highest BCUT2D eigenvalue weighted by atomic mass is 16.2. The molecule has 0 fully saturated rings. The molecule has 4 aromatic carbocycles.